The van der Waals surface area contributed by atoms with Gasteiger partial charge in [-0.15, -0.1) is 0 Å². The first kappa shape index (κ1) is 15.1. The second kappa shape index (κ2) is 7.50. The van der Waals surface area contributed by atoms with Crippen LogP contribution in [0.15, 0.2) is 36.5 Å². The fraction of sp³-hybridized carbons (Fsp3) is 0.312. The first-order valence-electron chi connectivity index (χ1n) is 6.75. The number of pyridine rings is 1. The molecule has 0 radical (unpaired) electrons. The molecule has 5 nitrogen and oxygen atoms in total. The van der Waals surface area contributed by atoms with Crippen LogP contribution in [0.4, 0.5) is 0 Å². The van der Waals surface area contributed by atoms with Crippen LogP contribution in [-0.2, 0) is 13.0 Å². The van der Waals surface area contributed by atoms with Crippen LogP contribution in [0.2, 0.25) is 0 Å². The van der Waals surface area contributed by atoms with Crippen molar-refractivity contribution in [2.45, 2.75) is 13.0 Å². The van der Waals surface area contributed by atoms with E-state index in [1.165, 1.54) is 0 Å². The Labute approximate surface area is 124 Å². The number of hydrogen-bond acceptors (Lipinski definition) is 5. The number of nitrogens with two attached hydrogens (primary N) is 1. The minimum atomic E-state index is 0.443. The molecular weight excluding hydrogens is 268 g/mol. The second-order valence-electron chi connectivity index (χ2n) is 4.50. The van der Waals surface area contributed by atoms with Crippen LogP contribution in [0.3, 0.4) is 0 Å². The molecule has 0 aliphatic carbocycles. The first-order chi connectivity index (χ1) is 10.3. The maximum Gasteiger partial charge on any atom is 0.161 e. The Kier molecular flexibility index (Phi) is 5.40. The lowest BCUT2D eigenvalue weighted by Crippen LogP contribution is -2.04. The van der Waals surface area contributed by atoms with Crippen molar-refractivity contribution in [2.24, 2.45) is 5.73 Å². The van der Waals surface area contributed by atoms with Crippen molar-refractivity contribution in [3.63, 3.8) is 0 Å². The Balaban J connectivity index is 1.99. The van der Waals surface area contributed by atoms with Crippen molar-refractivity contribution in [1.82, 2.24) is 4.98 Å². The standard InChI is InChI=1S/C16H20N2O3/c1-19-15-6-3-12(9-16(15)20-2)11-21-14-5-4-13(7-8-17)18-10-14/h3-6,9-10H,7-8,11,17H2,1-2H3. The molecule has 5 heteroatoms. The Morgan fingerprint density at radius 3 is 2.48 bits per heavy atom. The zero-order valence-electron chi connectivity index (χ0n) is 12.3. The van der Waals surface area contributed by atoms with Gasteiger partial charge in [0.25, 0.3) is 0 Å². The van der Waals surface area contributed by atoms with E-state index < -0.39 is 0 Å². The summed E-state index contributed by atoms with van der Waals surface area (Å²) in [4.78, 5) is 4.29. The second-order valence-corrected chi connectivity index (χ2v) is 4.50. The summed E-state index contributed by atoms with van der Waals surface area (Å²) in [7, 11) is 3.23. The zero-order valence-corrected chi connectivity index (χ0v) is 12.3. The van der Waals surface area contributed by atoms with Gasteiger partial charge in [0.1, 0.15) is 12.4 Å². The maximum atomic E-state index is 5.71. The SMILES string of the molecule is COc1ccc(COc2ccc(CCN)nc2)cc1OC. The molecule has 0 saturated heterocycles. The number of nitrogens with zero attached hydrogens (tertiary/aromatic N) is 1. The molecule has 2 aromatic rings. The van der Waals surface area contributed by atoms with Crippen LogP contribution in [-0.4, -0.2) is 25.7 Å². The molecule has 0 aliphatic rings. The smallest absolute Gasteiger partial charge is 0.161 e. The van der Waals surface area contributed by atoms with E-state index in [9.17, 15) is 0 Å². The number of hydrogen-bond donors (Lipinski definition) is 1. The predicted molar refractivity (Wildman–Crippen MR) is 80.9 cm³/mol. The quantitative estimate of drug-likeness (QED) is 0.846. The van der Waals surface area contributed by atoms with Crippen LogP contribution >= 0.6 is 0 Å². The van der Waals surface area contributed by atoms with Gasteiger partial charge < -0.3 is 19.9 Å². The summed E-state index contributed by atoms with van der Waals surface area (Å²) in [5, 5.41) is 0. The molecule has 0 aliphatic heterocycles. The summed E-state index contributed by atoms with van der Waals surface area (Å²) in [6.45, 7) is 1.04. The van der Waals surface area contributed by atoms with Crippen molar-refractivity contribution in [3.8, 4) is 17.2 Å². The molecular formula is C16H20N2O3. The van der Waals surface area contributed by atoms with Gasteiger partial charge in [-0.25, -0.2) is 0 Å². The van der Waals surface area contributed by atoms with E-state index in [0.717, 1.165) is 23.4 Å². The van der Waals surface area contributed by atoms with Crippen molar-refractivity contribution in [1.29, 1.82) is 0 Å². The lowest BCUT2D eigenvalue weighted by atomic mass is 10.2. The Bertz CT molecular complexity index is 570. The van der Waals surface area contributed by atoms with Gasteiger partial charge in [-0.05, 0) is 36.4 Å². The highest BCUT2D eigenvalue weighted by atomic mass is 16.5. The van der Waals surface area contributed by atoms with Gasteiger partial charge >= 0.3 is 0 Å². The van der Waals surface area contributed by atoms with Crippen molar-refractivity contribution in [2.75, 3.05) is 20.8 Å². The number of benzene rings is 1. The third-order valence-corrected chi connectivity index (χ3v) is 3.05. The van der Waals surface area contributed by atoms with Crippen molar-refractivity contribution in [3.05, 3.63) is 47.8 Å². The summed E-state index contributed by atoms with van der Waals surface area (Å²) >= 11 is 0. The zero-order chi connectivity index (χ0) is 15.1. The maximum absolute atomic E-state index is 5.71. The number of ether oxygens (including phenoxy) is 3. The van der Waals surface area contributed by atoms with Gasteiger partial charge in [-0.2, -0.15) is 0 Å². The molecule has 112 valence electrons. The van der Waals surface area contributed by atoms with Crippen LogP contribution < -0.4 is 19.9 Å². The van der Waals surface area contributed by atoms with Gasteiger partial charge in [0.05, 0.1) is 20.4 Å². The Morgan fingerprint density at radius 1 is 1.05 bits per heavy atom. The molecule has 1 aromatic heterocycles. The molecule has 2 N–H and O–H groups in total. The molecule has 1 aromatic carbocycles. The van der Waals surface area contributed by atoms with Crippen molar-refractivity contribution >= 4 is 0 Å². The molecule has 21 heavy (non-hydrogen) atoms. The van der Waals surface area contributed by atoms with Gasteiger partial charge in [-0.1, -0.05) is 6.07 Å². The molecule has 0 bridgehead atoms. The third kappa shape index (κ3) is 4.10. The minimum Gasteiger partial charge on any atom is -0.493 e. The summed E-state index contributed by atoms with van der Waals surface area (Å²) < 4.78 is 16.2. The van der Waals surface area contributed by atoms with E-state index >= 15 is 0 Å². The van der Waals surface area contributed by atoms with E-state index in [2.05, 4.69) is 4.98 Å². The number of aromatic nitrogens is 1. The monoisotopic (exact) mass is 288 g/mol. The first-order valence-corrected chi connectivity index (χ1v) is 6.75. The molecule has 0 atom stereocenters. The molecule has 0 amide bonds. The highest BCUT2D eigenvalue weighted by molar-refractivity contribution is 5.42. The summed E-state index contributed by atoms with van der Waals surface area (Å²) in [6.07, 6.45) is 2.49. The molecule has 2 rings (SSSR count). The highest BCUT2D eigenvalue weighted by Crippen LogP contribution is 2.28. The molecule has 0 spiro atoms. The highest BCUT2D eigenvalue weighted by Gasteiger charge is 2.05. The summed E-state index contributed by atoms with van der Waals surface area (Å²) in [5.74, 6) is 2.12. The molecule has 0 saturated carbocycles. The van der Waals surface area contributed by atoms with Crippen LogP contribution in [0.1, 0.15) is 11.3 Å². The summed E-state index contributed by atoms with van der Waals surface area (Å²) in [5.41, 5.74) is 7.46. The van der Waals surface area contributed by atoms with Gasteiger partial charge in [0.15, 0.2) is 11.5 Å². The van der Waals surface area contributed by atoms with E-state index in [0.29, 0.717) is 24.7 Å². The normalized spacial score (nSPS) is 10.2. The van der Waals surface area contributed by atoms with E-state index in [-0.39, 0.29) is 0 Å². The topological polar surface area (TPSA) is 66.6 Å². The van der Waals surface area contributed by atoms with Gasteiger partial charge in [0, 0.05) is 12.1 Å². The molecule has 0 fully saturated rings. The van der Waals surface area contributed by atoms with Crippen LogP contribution in [0.5, 0.6) is 17.2 Å². The number of rotatable bonds is 7. The predicted octanol–water partition coefficient (Wildman–Crippen LogP) is 2.18. The van der Waals surface area contributed by atoms with Crippen LogP contribution in [0.25, 0.3) is 0 Å². The molecule has 1 heterocycles. The lowest BCUT2D eigenvalue weighted by molar-refractivity contribution is 0.302. The fourth-order valence-electron chi connectivity index (χ4n) is 1.93. The van der Waals surface area contributed by atoms with Crippen molar-refractivity contribution < 1.29 is 14.2 Å². The fourth-order valence-corrected chi connectivity index (χ4v) is 1.93. The van der Waals surface area contributed by atoms with Gasteiger partial charge in [-0.3, -0.25) is 4.98 Å². The van der Waals surface area contributed by atoms with E-state index in [1.807, 2.05) is 30.3 Å². The van der Waals surface area contributed by atoms with Gasteiger partial charge in [0.2, 0.25) is 0 Å². The Morgan fingerprint density at radius 2 is 1.86 bits per heavy atom. The minimum absolute atomic E-state index is 0.443. The average molecular weight is 288 g/mol. The molecule has 0 unspecified atom stereocenters. The van der Waals surface area contributed by atoms with Crippen LogP contribution in [0, 0.1) is 0 Å². The average Bonchev–Trinajstić information content (AvgIpc) is 2.54. The summed E-state index contributed by atoms with van der Waals surface area (Å²) in [6, 6.07) is 9.53. The third-order valence-electron chi connectivity index (χ3n) is 3.05. The number of methoxy groups -OCH3 is 2. The largest absolute Gasteiger partial charge is 0.493 e. The lowest BCUT2D eigenvalue weighted by Gasteiger charge is -2.10. The Hall–Kier alpha value is -2.27. The van der Waals surface area contributed by atoms with E-state index in [4.69, 9.17) is 19.9 Å². The van der Waals surface area contributed by atoms with E-state index in [1.54, 1.807) is 20.4 Å².